The number of hydrogen-bond donors (Lipinski definition) is 1. The van der Waals surface area contributed by atoms with Gasteiger partial charge in [-0.05, 0) is 25.1 Å². The zero-order valence-corrected chi connectivity index (χ0v) is 10.4. The molecular weight excluding hydrogens is 237 g/mol. The summed E-state index contributed by atoms with van der Waals surface area (Å²) in [5.74, 6) is -0.324. The minimum absolute atomic E-state index is 0.324. The van der Waals surface area contributed by atoms with Crippen LogP contribution in [0.25, 0.3) is 10.7 Å². The van der Waals surface area contributed by atoms with E-state index in [-0.39, 0.29) is 5.82 Å². The molecule has 0 aliphatic carbocycles. The van der Waals surface area contributed by atoms with Gasteiger partial charge >= 0.3 is 0 Å². The smallest absolute Gasteiger partial charge is 0.142 e. The van der Waals surface area contributed by atoms with Crippen LogP contribution >= 0.6 is 11.3 Å². The number of hydrogen-bond acceptors (Lipinski definition) is 4. The van der Waals surface area contributed by atoms with E-state index in [0.29, 0.717) is 0 Å². The summed E-state index contributed by atoms with van der Waals surface area (Å²) in [5.41, 5.74) is 1.72. The quantitative estimate of drug-likeness (QED) is 0.830. The molecule has 2 aromatic rings. The summed E-state index contributed by atoms with van der Waals surface area (Å²) in [5, 5.41) is 6.12. The SMILES string of the molecule is CCCNCc1csc(-c2ccc(F)cn2)n1. The van der Waals surface area contributed by atoms with Crippen molar-refractivity contribution in [1.82, 2.24) is 15.3 Å². The summed E-state index contributed by atoms with van der Waals surface area (Å²) < 4.78 is 12.7. The summed E-state index contributed by atoms with van der Waals surface area (Å²) in [6, 6.07) is 3.05. The fraction of sp³-hybridized carbons (Fsp3) is 0.333. The molecule has 0 saturated carbocycles. The molecule has 0 saturated heterocycles. The molecule has 2 rings (SSSR count). The Morgan fingerprint density at radius 2 is 2.29 bits per heavy atom. The first-order valence-electron chi connectivity index (χ1n) is 5.56. The third kappa shape index (κ3) is 3.31. The molecule has 0 aliphatic heterocycles. The van der Waals surface area contributed by atoms with Crippen molar-refractivity contribution >= 4 is 11.3 Å². The van der Waals surface area contributed by atoms with Crippen molar-refractivity contribution < 1.29 is 4.39 Å². The number of halogens is 1. The van der Waals surface area contributed by atoms with Crippen LogP contribution in [0.5, 0.6) is 0 Å². The van der Waals surface area contributed by atoms with Gasteiger partial charge in [-0.2, -0.15) is 0 Å². The monoisotopic (exact) mass is 251 g/mol. The summed E-state index contributed by atoms with van der Waals surface area (Å²) in [6.07, 6.45) is 2.32. The minimum Gasteiger partial charge on any atom is -0.311 e. The maximum absolute atomic E-state index is 12.7. The van der Waals surface area contributed by atoms with Crippen molar-refractivity contribution in [2.45, 2.75) is 19.9 Å². The van der Waals surface area contributed by atoms with Crippen LogP contribution in [0.2, 0.25) is 0 Å². The molecule has 0 radical (unpaired) electrons. The van der Waals surface area contributed by atoms with Crippen LogP contribution in [0, 0.1) is 5.82 Å². The Labute approximate surface area is 104 Å². The molecule has 0 aliphatic rings. The van der Waals surface area contributed by atoms with E-state index in [2.05, 4.69) is 22.2 Å². The van der Waals surface area contributed by atoms with Crippen LogP contribution in [-0.2, 0) is 6.54 Å². The predicted molar refractivity (Wildman–Crippen MR) is 67.3 cm³/mol. The van der Waals surface area contributed by atoms with Gasteiger partial charge in [0.25, 0.3) is 0 Å². The maximum Gasteiger partial charge on any atom is 0.142 e. The van der Waals surface area contributed by atoms with E-state index in [1.807, 2.05) is 5.38 Å². The number of aromatic nitrogens is 2. The lowest BCUT2D eigenvalue weighted by molar-refractivity contribution is 0.622. The number of rotatable bonds is 5. The number of pyridine rings is 1. The first kappa shape index (κ1) is 12.1. The average molecular weight is 251 g/mol. The van der Waals surface area contributed by atoms with Crippen molar-refractivity contribution in [2.24, 2.45) is 0 Å². The minimum atomic E-state index is -0.324. The van der Waals surface area contributed by atoms with Gasteiger partial charge in [0.2, 0.25) is 0 Å². The largest absolute Gasteiger partial charge is 0.311 e. The summed E-state index contributed by atoms with van der Waals surface area (Å²) in [4.78, 5) is 8.46. The second-order valence-electron chi connectivity index (χ2n) is 3.68. The van der Waals surface area contributed by atoms with Crippen LogP contribution in [0.4, 0.5) is 4.39 Å². The zero-order valence-electron chi connectivity index (χ0n) is 9.61. The highest BCUT2D eigenvalue weighted by Crippen LogP contribution is 2.21. The van der Waals surface area contributed by atoms with Crippen molar-refractivity contribution in [3.63, 3.8) is 0 Å². The standard InChI is InChI=1S/C12H14FN3S/c1-2-5-14-7-10-8-17-12(16-10)11-4-3-9(13)6-15-11/h3-4,6,8,14H,2,5,7H2,1H3. The predicted octanol–water partition coefficient (Wildman–Crippen LogP) is 2.84. The number of thiazole rings is 1. The molecule has 5 heteroatoms. The Bertz CT molecular complexity index is 467. The van der Waals surface area contributed by atoms with Gasteiger partial charge in [0.15, 0.2) is 0 Å². The third-order valence-corrected chi connectivity index (χ3v) is 3.14. The number of nitrogens with one attached hydrogen (secondary N) is 1. The van der Waals surface area contributed by atoms with Gasteiger partial charge in [0.1, 0.15) is 10.8 Å². The maximum atomic E-state index is 12.7. The summed E-state index contributed by atoms with van der Waals surface area (Å²) in [6.45, 7) is 3.88. The Balaban J connectivity index is 2.04. The summed E-state index contributed by atoms with van der Waals surface area (Å²) in [7, 11) is 0. The van der Waals surface area contributed by atoms with Crippen LogP contribution in [-0.4, -0.2) is 16.5 Å². The van der Waals surface area contributed by atoms with E-state index < -0.39 is 0 Å². The van der Waals surface area contributed by atoms with Gasteiger partial charge in [-0.1, -0.05) is 6.92 Å². The van der Waals surface area contributed by atoms with Crippen LogP contribution in [0.15, 0.2) is 23.7 Å². The topological polar surface area (TPSA) is 37.8 Å². The molecule has 0 unspecified atom stereocenters. The summed E-state index contributed by atoms with van der Waals surface area (Å²) >= 11 is 1.53. The van der Waals surface area contributed by atoms with Gasteiger partial charge in [-0.25, -0.2) is 9.37 Å². The number of nitrogens with zero attached hydrogens (tertiary/aromatic N) is 2. The van der Waals surface area contributed by atoms with Crippen LogP contribution < -0.4 is 5.32 Å². The van der Waals surface area contributed by atoms with Crippen molar-refractivity contribution in [1.29, 1.82) is 0 Å². The fourth-order valence-corrected chi connectivity index (χ4v) is 2.20. The van der Waals surface area contributed by atoms with E-state index in [1.54, 1.807) is 6.07 Å². The molecule has 0 amide bonds. The molecule has 3 nitrogen and oxygen atoms in total. The molecule has 90 valence electrons. The molecule has 0 aromatic carbocycles. The molecule has 0 fully saturated rings. The molecule has 2 aromatic heterocycles. The Hall–Kier alpha value is -1.33. The highest BCUT2D eigenvalue weighted by Gasteiger charge is 2.05. The first-order valence-corrected chi connectivity index (χ1v) is 6.44. The van der Waals surface area contributed by atoms with E-state index in [0.717, 1.165) is 35.9 Å². The van der Waals surface area contributed by atoms with Crippen molar-refractivity contribution in [3.8, 4) is 10.7 Å². The molecule has 0 atom stereocenters. The molecule has 0 spiro atoms. The molecule has 17 heavy (non-hydrogen) atoms. The normalized spacial score (nSPS) is 10.7. The van der Waals surface area contributed by atoms with Crippen LogP contribution in [0.1, 0.15) is 19.0 Å². The third-order valence-electron chi connectivity index (χ3n) is 2.23. The Kier molecular flexibility index (Phi) is 4.17. The van der Waals surface area contributed by atoms with E-state index in [9.17, 15) is 4.39 Å². The van der Waals surface area contributed by atoms with Crippen LogP contribution in [0.3, 0.4) is 0 Å². The Morgan fingerprint density at radius 1 is 1.41 bits per heavy atom. The highest BCUT2D eigenvalue weighted by atomic mass is 32.1. The van der Waals surface area contributed by atoms with Gasteiger partial charge in [-0.3, -0.25) is 4.98 Å². The lowest BCUT2D eigenvalue weighted by Crippen LogP contribution is -2.13. The second-order valence-corrected chi connectivity index (χ2v) is 4.54. The van der Waals surface area contributed by atoms with E-state index in [4.69, 9.17) is 0 Å². The Morgan fingerprint density at radius 3 is 3.00 bits per heavy atom. The van der Waals surface area contributed by atoms with Gasteiger partial charge in [-0.15, -0.1) is 11.3 Å². The van der Waals surface area contributed by atoms with Gasteiger partial charge in [0, 0.05) is 11.9 Å². The van der Waals surface area contributed by atoms with Crippen molar-refractivity contribution in [2.75, 3.05) is 6.54 Å². The molecule has 0 bridgehead atoms. The second kappa shape index (κ2) is 5.84. The van der Waals surface area contributed by atoms with Gasteiger partial charge < -0.3 is 5.32 Å². The fourth-order valence-electron chi connectivity index (χ4n) is 1.40. The highest BCUT2D eigenvalue weighted by molar-refractivity contribution is 7.13. The van der Waals surface area contributed by atoms with E-state index >= 15 is 0 Å². The van der Waals surface area contributed by atoms with Gasteiger partial charge in [0.05, 0.1) is 17.6 Å². The first-order chi connectivity index (χ1) is 8.29. The average Bonchev–Trinajstić information content (AvgIpc) is 2.79. The molecule has 2 heterocycles. The zero-order chi connectivity index (χ0) is 12.1. The lowest BCUT2D eigenvalue weighted by Gasteiger charge is -1.98. The molecular formula is C12H14FN3S. The van der Waals surface area contributed by atoms with E-state index in [1.165, 1.54) is 23.6 Å². The molecule has 1 N–H and O–H groups in total. The lowest BCUT2D eigenvalue weighted by atomic mass is 10.3. The van der Waals surface area contributed by atoms with Crippen molar-refractivity contribution in [3.05, 3.63) is 35.2 Å².